The predicted octanol–water partition coefficient (Wildman–Crippen LogP) is 3.22. The molecule has 27 heavy (non-hydrogen) atoms. The van der Waals surface area contributed by atoms with Gasteiger partial charge in [-0.1, -0.05) is 30.3 Å². The topological polar surface area (TPSA) is 76.7 Å². The van der Waals surface area contributed by atoms with Crippen LogP contribution in [-0.2, 0) is 14.3 Å². The third kappa shape index (κ3) is 7.33. The van der Waals surface area contributed by atoms with Crippen LogP contribution in [0.3, 0.4) is 0 Å². The molecule has 0 aromatic heterocycles. The monoisotopic (exact) mass is 368 g/mol. The number of carbonyl (C=O) groups excluding carboxylic acids is 2. The smallest absolute Gasteiger partial charge is 0.272 e. The molecule has 0 aliphatic rings. The summed E-state index contributed by atoms with van der Waals surface area (Å²) in [7, 11) is 0. The van der Waals surface area contributed by atoms with Crippen LogP contribution in [0.4, 0.5) is 5.69 Å². The summed E-state index contributed by atoms with van der Waals surface area (Å²) in [6.07, 6.45) is 1.63. The summed E-state index contributed by atoms with van der Waals surface area (Å²) in [4.78, 5) is 24.0. The Morgan fingerprint density at radius 2 is 1.70 bits per heavy atom. The van der Waals surface area contributed by atoms with Crippen LogP contribution in [0.1, 0.15) is 19.4 Å². The molecule has 0 saturated carbocycles. The summed E-state index contributed by atoms with van der Waals surface area (Å²) in [6.45, 7) is 4.94. The molecule has 0 bridgehead atoms. The minimum atomic E-state index is -0.404. The van der Waals surface area contributed by atoms with Crippen molar-refractivity contribution < 1.29 is 19.1 Å². The van der Waals surface area contributed by atoms with Crippen molar-refractivity contribution in [3.8, 4) is 5.75 Å². The van der Waals surface area contributed by atoms with E-state index in [4.69, 9.17) is 9.47 Å². The van der Waals surface area contributed by atoms with E-state index in [1.54, 1.807) is 30.3 Å². The van der Waals surface area contributed by atoms with Crippen LogP contribution in [0.25, 0.3) is 6.08 Å². The number of rotatable bonds is 9. The largest absolute Gasteiger partial charge is 0.491 e. The molecule has 0 radical (unpaired) electrons. The SMILES string of the molecule is CCOCCOc1ccc(NC(=O)/C(=C/c2ccccc2)NC(C)=O)cc1. The quantitative estimate of drug-likeness (QED) is 0.526. The van der Waals surface area contributed by atoms with Gasteiger partial charge in [-0.25, -0.2) is 0 Å². The highest BCUT2D eigenvalue weighted by molar-refractivity contribution is 6.08. The second-order valence-electron chi connectivity index (χ2n) is 5.67. The average molecular weight is 368 g/mol. The van der Waals surface area contributed by atoms with Crippen molar-refractivity contribution in [2.45, 2.75) is 13.8 Å². The summed E-state index contributed by atoms with van der Waals surface area (Å²) in [5.74, 6) is -0.0286. The van der Waals surface area contributed by atoms with Gasteiger partial charge in [0.05, 0.1) is 6.61 Å². The van der Waals surface area contributed by atoms with Gasteiger partial charge in [-0.3, -0.25) is 9.59 Å². The number of carbonyl (C=O) groups is 2. The van der Waals surface area contributed by atoms with Gasteiger partial charge in [0.15, 0.2) is 0 Å². The maximum Gasteiger partial charge on any atom is 0.272 e. The lowest BCUT2D eigenvalue weighted by atomic mass is 10.2. The molecule has 0 atom stereocenters. The molecule has 2 amide bonds. The Morgan fingerprint density at radius 1 is 1.00 bits per heavy atom. The fourth-order valence-electron chi connectivity index (χ4n) is 2.26. The van der Waals surface area contributed by atoms with E-state index in [0.29, 0.717) is 31.3 Å². The fourth-order valence-corrected chi connectivity index (χ4v) is 2.26. The molecule has 0 fully saturated rings. The first kappa shape index (κ1) is 20.2. The summed E-state index contributed by atoms with van der Waals surface area (Å²) < 4.78 is 10.8. The van der Waals surface area contributed by atoms with Gasteiger partial charge >= 0.3 is 0 Å². The Kier molecular flexibility index (Phi) is 8.06. The summed E-state index contributed by atoms with van der Waals surface area (Å²) in [6, 6.07) is 16.3. The Hall–Kier alpha value is -3.12. The van der Waals surface area contributed by atoms with E-state index in [9.17, 15) is 9.59 Å². The van der Waals surface area contributed by atoms with E-state index in [2.05, 4.69) is 10.6 Å². The van der Waals surface area contributed by atoms with E-state index in [1.165, 1.54) is 6.92 Å². The highest BCUT2D eigenvalue weighted by atomic mass is 16.5. The third-order valence-electron chi connectivity index (χ3n) is 3.48. The number of nitrogens with one attached hydrogen (secondary N) is 2. The number of ether oxygens (including phenoxy) is 2. The standard InChI is InChI=1S/C21H24N2O4/c1-3-26-13-14-27-19-11-9-18(10-12-19)23-21(25)20(22-16(2)24)15-17-7-5-4-6-8-17/h4-12,15H,3,13-14H2,1-2H3,(H,22,24)(H,23,25)/b20-15-. The molecule has 2 aromatic rings. The number of anilines is 1. The number of benzene rings is 2. The van der Waals surface area contributed by atoms with Gasteiger partial charge in [-0.15, -0.1) is 0 Å². The van der Waals surface area contributed by atoms with Gasteiger partial charge < -0.3 is 20.1 Å². The molecule has 0 aliphatic carbocycles. The summed E-state index contributed by atoms with van der Waals surface area (Å²) in [5, 5.41) is 5.34. The van der Waals surface area contributed by atoms with Crippen LogP contribution >= 0.6 is 0 Å². The number of hydrogen-bond donors (Lipinski definition) is 2. The summed E-state index contributed by atoms with van der Waals surface area (Å²) in [5.41, 5.74) is 1.58. The second kappa shape index (κ2) is 10.8. The Balaban J connectivity index is 2.02. The summed E-state index contributed by atoms with van der Waals surface area (Å²) >= 11 is 0. The van der Waals surface area contributed by atoms with Gasteiger partial charge in [0, 0.05) is 19.2 Å². The van der Waals surface area contributed by atoms with Crippen molar-refractivity contribution in [2.24, 2.45) is 0 Å². The van der Waals surface area contributed by atoms with E-state index in [-0.39, 0.29) is 11.6 Å². The zero-order valence-electron chi connectivity index (χ0n) is 15.5. The van der Waals surface area contributed by atoms with Gasteiger partial charge in [0.25, 0.3) is 5.91 Å². The zero-order valence-corrected chi connectivity index (χ0v) is 15.5. The lowest BCUT2D eigenvalue weighted by Crippen LogP contribution is -2.28. The first-order valence-corrected chi connectivity index (χ1v) is 8.74. The highest BCUT2D eigenvalue weighted by Crippen LogP contribution is 2.16. The van der Waals surface area contributed by atoms with Crippen molar-refractivity contribution in [2.75, 3.05) is 25.1 Å². The van der Waals surface area contributed by atoms with Crippen molar-refractivity contribution in [3.63, 3.8) is 0 Å². The highest BCUT2D eigenvalue weighted by Gasteiger charge is 2.11. The van der Waals surface area contributed by atoms with E-state index in [0.717, 1.165) is 5.56 Å². The molecule has 6 nitrogen and oxygen atoms in total. The molecule has 142 valence electrons. The van der Waals surface area contributed by atoms with Gasteiger partial charge in [0.1, 0.15) is 18.1 Å². The minimum absolute atomic E-state index is 0.172. The Labute approximate surface area is 159 Å². The van der Waals surface area contributed by atoms with Gasteiger partial charge in [0.2, 0.25) is 5.91 Å². The first-order valence-electron chi connectivity index (χ1n) is 8.74. The number of hydrogen-bond acceptors (Lipinski definition) is 4. The van der Waals surface area contributed by atoms with Gasteiger partial charge in [-0.2, -0.15) is 0 Å². The number of amides is 2. The van der Waals surface area contributed by atoms with Crippen LogP contribution in [-0.4, -0.2) is 31.6 Å². The van der Waals surface area contributed by atoms with Crippen molar-refractivity contribution in [1.82, 2.24) is 5.32 Å². The molecule has 0 spiro atoms. The average Bonchev–Trinajstić information content (AvgIpc) is 2.66. The molecule has 0 saturated heterocycles. The van der Waals surface area contributed by atoms with Crippen LogP contribution in [0, 0.1) is 0 Å². The van der Waals surface area contributed by atoms with Crippen LogP contribution in [0.15, 0.2) is 60.3 Å². The van der Waals surface area contributed by atoms with E-state index >= 15 is 0 Å². The van der Waals surface area contributed by atoms with Gasteiger partial charge in [-0.05, 0) is 42.8 Å². The van der Waals surface area contributed by atoms with Crippen LogP contribution in [0.5, 0.6) is 5.75 Å². The molecule has 2 N–H and O–H groups in total. The van der Waals surface area contributed by atoms with E-state index in [1.807, 2.05) is 37.3 Å². The Bertz CT molecular complexity index is 771. The maximum atomic E-state index is 12.5. The molecular formula is C21H24N2O4. The molecular weight excluding hydrogens is 344 g/mol. The lowest BCUT2D eigenvalue weighted by molar-refractivity contribution is -0.120. The van der Waals surface area contributed by atoms with Crippen molar-refractivity contribution in [1.29, 1.82) is 0 Å². The fraction of sp³-hybridized carbons (Fsp3) is 0.238. The molecule has 2 aromatic carbocycles. The third-order valence-corrected chi connectivity index (χ3v) is 3.48. The van der Waals surface area contributed by atoms with Crippen LogP contribution in [0.2, 0.25) is 0 Å². The minimum Gasteiger partial charge on any atom is -0.491 e. The first-order chi connectivity index (χ1) is 13.1. The molecule has 2 rings (SSSR count). The van der Waals surface area contributed by atoms with E-state index < -0.39 is 5.91 Å². The lowest BCUT2D eigenvalue weighted by Gasteiger charge is -2.11. The zero-order chi connectivity index (χ0) is 19.5. The molecule has 6 heteroatoms. The van der Waals surface area contributed by atoms with Crippen molar-refractivity contribution in [3.05, 3.63) is 65.9 Å². The second-order valence-corrected chi connectivity index (χ2v) is 5.67. The predicted molar refractivity (Wildman–Crippen MR) is 105 cm³/mol. The molecule has 0 heterocycles. The normalized spacial score (nSPS) is 11.0. The molecule has 0 unspecified atom stereocenters. The maximum absolute atomic E-state index is 12.5. The molecule has 0 aliphatic heterocycles. The van der Waals surface area contributed by atoms with Crippen molar-refractivity contribution >= 4 is 23.6 Å². The Morgan fingerprint density at radius 3 is 2.33 bits per heavy atom. The van der Waals surface area contributed by atoms with Crippen LogP contribution < -0.4 is 15.4 Å².